The van der Waals surface area contributed by atoms with Crippen molar-refractivity contribution in [2.75, 3.05) is 13.7 Å². The fraction of sp³-hybridized carbons (Fsp3) is 0.769. The first-order chi connectivity index (χ1) is 14.8. The van der Waals surface area contributed by atoms with Crippen LogP contribution < -0.4 is 0 Å². The van der Waals surface area contributed by atoms with Gasteiger partial charge in [-0.05, 0) is 80.3 Å². The van der Waals surface area contributed by atoms with Gasteiger partial charge in [0.2, 0.25) is 0 Å². The van der Waals surface area contributed by atoms with Crippen molar-refractivity contribution in [2.45, 2.75) is 77.7 Å². The first kappa shape index (κ1) is 21.1. The van der Waals surface area contributed by atoms with Gasteiger partial charge >= 0.3 is 11.9 Å². The lowest BCUT2D eigenvalue weighted by atomic mass is 9.47. The first-order valence-corrected chi connectivity index (χ1v) is 12.1. The van der Waals surface area contributed by atoms with Crippen molar-refractivity contribution in [3.63, 3.8) is 0 Å². The molecule has 0 unspecified atom stereocenters. The maximum Gasteiger partial charge on any atom is 0.321 e. The smallest absolute Gasteiger partial charge is 0.321 e. The fourth-order valence-corrected chi connectivity index (χ4v) is 8.20. The van der Waals surface area contributed by atoms with Crippen molar-refractivity contribution in [3.8, 4) is 0 Å². The minimum absolute atomic E-state index is 0.0605. The molecule has 31 heavy (non-hydrogen) atoms. The molecular formula is C26H36O5. The van der Waals surface area contributed by atoms with Crippen LogP contribution in [-0.2, 0) is 23.8 Å². The number of carbonyl (C=O) groups is 2. The highest BCUT2D eigenvalue weighted by Crippen LogP contribution is 2.69. The Balaban J connectivity index is 1.43. The van der Waals surface area contributed by atoms with Gasteiger partial charge in [-0.2, -0.15) is 0 Å². The van der Waals surface area contributed by atoms with E-state index in [2.05, 4.69) is 26.0 Å². The van der Waals surface area contributed by atoms with Gasteiger partial charge in [0.15, 0.2) is 5.92 Å². The Morgan fingerprint density at radius 1 is 1.19 bits per heavy atom. The van der Waals surface area contributed by atoms with E-state index >= 15 is 0 Å². The van der Waals surface area contributed by atoms with Crippen LogP contribution in [0.5, 0.6) is 0 Å². The zero-order valence-corrected chi connectivity index (χ0v) is 19.4. The van der Waals surface area contributed by atoms with E-state index in [1.165, 1.54) is 5.57 Å². The van der Waals surface area contributed by atoms with Crippen LogP contribution in [0, 0.1) is 34.5 Å². The van der Waals surface area contributed by atoms with Gasteiger partial charge in [-0.15, -0.1) is 0 Å². The molecule has 2 saturated carbocycles. The van der Waals surface area contributed by atoms with Crippen molar-refractivity contribution in [2.24, 2.45) is 34.5 Å². The minimum atomic E-state index is -0.750. The van der Waals surface area contributed by atoms with Crippen LogP contribution in [0.2, 0.25) is 0 Å². The largest absolute Gasteiger partial charge is 0.501 e. The number of carbonyl (C=O) groups excluding carboxylic acids is 2. The summed E-state index contributed by atoms with van der Waals surface area (Å²) in [5.74, 6) is 1.38. The summed E-state index contributed by atoms with van der Waals surface area (Å²) in [4.78, 5) is 25.1. The summed E-state index contributed by atoms with van der Waals surface area (Å²) in [6.45, 7) is 6.88. The lowest BCUT2D eigenvalue weighted by Crippen LogP contribution is -2.54. The van der Waals surface area contributed by atoms with Crippen molar-refractivity contribution >= 4 is 11.9 Å². The van der Waals surface area contributed by atoms with E-state index in [0.29, 0.717) is 30.8 Å². The third kappa shape index (κ3) is 2.80. The maximum atomic E-state index is 12.7. The van der Waals surface area contributed by atoms with Gasteiger partial charge in [-0.3, -0.25) is 9.59 Å². The van der Waals surface area contributed by atoms with E-state index in [-0.39, 0.29) is 16.8 Å². The summed E-state index contributed by atoms with van der Waals surface area (Å²) >= 11 is 0. The highest BCUT2D eigenvalue weighted by molar-refractivity contribution is 5.96. The van der Waals surface area contributed by atoms with E-state index in [1.54, 1.807) is 14.0 Å². The summed E-state index contributed by atoms with van der Waals surface area (Å²) in [7, 11) is 1.77. The van der Waals surface area contributed by atoms with E-state index in [1.807, 2.05) is 0 Å². The lowest BCUT2D eigenvalue weighted by molar-refractivity contribution is -0.169. The molecule has 7 atom stereocenters. The number of hydrogen-bond donors (Lipinski definition) is 0. The van der Waals surface area contributed by atoms with Crippen molar-refractivity contribution in [1.82, 2.24) is 0 Å². The molecule has 1 heterocycles. The van der Waals surface area contributed by atoms with Crippen LogP contribution in [0.1, 0.15) is 72.1 Å². The number of esters is 2. The first-order valence-electron chi connectivity index (χ1n) is 12.1. The third-order valence-electron chi connectivity index (χ3n) is 9.97. The van der Waals surface area contributed by atoms with E-state index in [0.717, 1.165) is 50.7 Å². The Hall–Kier alpha value is -1.78. The molecule has 0 bridgehead atoms. The molecule has 0 radical (unpaired) electrons. The van der Waals surface area contributed by atoms with Gasteiger partial charge in [-0.1, -0.05) is 19.9 Å². The highest BCUT2D eigenvalue weighted by Gasteiger charge is 2.69. The highest BCUT2D eigenvalue weighted by atomic mass is 16.6. The second-order valence-corrected chi connectivity index (χ2v) is 10.9. The summed E-state index contributed by atoms with van der Waals surface area (Å²) in [6, 6.07) is 0. The topological polar surface area (TPSA) is 61.8 Å². The summed E-state index contributed by atoms with van der Waals surface area (Å²) in [5, 5.41) is 0. The fourth-order valence-electron chi connectivity index (χ4n) is 8.20. The average molecular weight is 429 g/mol. The SMILES string of the molecule is CCOC(=O)[C@@H]1C[C@@]2(CC[C@@H]3[C@H]4CC=C5C=C(OC)CC[C@]5(C)[C@@H]4CC[C@@]32C)OC1=O. The molecule has 5 rings (SSSR count). The molecule has 3 fully saturated rings. The Morgan fingerprint density at radius 2 is 1.97 bits per heavy atom. The van der Waals surface area contributed by atoms with Crippen LogP contribution in [0.25, 0.3) is 0 Å². The van der Waals surface area contributed by atoms with Crippen molar-refractivity contribution < 1.29 is 23.8 Å². The van der Waals surface area contributed by atoms with Gasteiger partial charge in [0, 0.05) is 18.3 Å². The number of methoxy groups -OCH3 is 1. The molecular weight excluding hydrogens is 392 g/mol. The van der Waals surface area contributed by atoms with Gasteiger partial charge in [0.05, 0.1) is 19.5 Å². The monoisotopic (exact) mass is 428 g/mol. The van der Waals surface area contributed by atoms with Crippen LogP contribution >= 0.6 is 0 Å². The van der Waals surface area contributed by atoms with E-state index in [9.17, 15) is 9.59 Å². The molecule has 5 heteroatoms. The molecule has 0 amide bonds. The molecule has 170 valence electrons. The molecule has 0 aromatic heterocycles. The number of rotatable bonds is 3. The van der Waals surface area contributed by atoms with Gasteiger partial charge < -0.3 is 14.2 Å². The number of ether oxygens (including phenoxy) is 3. The molecule has 0 aromatic rings. The van der Waals surface area contributed by atoms with Gasteiger partial charge in [-0.25, -0.2) is 0 Å². The summed E-state index contributed by atoms with van der Waals surface area (Å²) < 4.78 is 16.9. The maximum absolute atomic E-state index is 12.7. The Kier molecular flexibility index (Phi) is 4.84. The molecule has 4 aliphatic carbocycles. The number of allylic oxidation sites excluding steroid dienone is 4. The van der Waals surface area contributed by atoms with Gasteiger partial charge in [0.1, 0.15) is 5.60 Å². The zero-order valence-electron chi connectivity index (χ0n) is 19.4. The number of hydrogen-bond acceptors (Lipinski definition) is 5. The van der Waals surface area contributed by atoms with E-state index < -0.39 is 17.5 Å². The molecule has 5 nitrogen and oxygen atoms in total. The van der Waals surface area contributed by atoms with E-state index in [4.69, 9.17) is 14.2 Å². The van der Waals surface area contributed by atoms with Gasteiger partial charge in [0.25, 0.3) is 0 Å². The molecule has 1 aliphatic heterocycles. The minimum Gasteiger partial charge on any atom is -0.501 e. The zero-order chi connectivity index (χ0) is 22.0. The summed E-state index contributed by atoms with van der Waals surface area (Å²) in [6.07, 6.45) is 12.7. The normalized spacial score (nSPS) is 45.7. The van der Waals surface area contributed by atoms with Crippen LogP contribution in [0.3, 0.4) is 0 Å². The predicted octanol–water partition coefficient (Wildman–Crippen LogP) is 4.95. The Morgan fingerprint density at radius 3 is 2.71 bits per heavy atom. The Labute approximate surface area is 185 Å². The standard InChI is InChI=1S/C26H36O5/c1-5-30-22(27)19-15-26(31-23(19)28)13-10-21-18-7-6-16-14-17(29-4)8-11-24(16,2)20(18)9-12-25(21,26)3/h6,14,18-21H,5,7-13,15H2,1-4H3/t18-,19-,20+,21+,24-,25-,26+/m0/s1. The Bertz CT molecular complexity index is 858. The lowest BCUT2D eigenvalue weighted by Gasteiger charge is -2.58. The second-order valence-electron chi connectivity index (χ2n) is 10.9. The molecule has 5 aliphatic rings. The average Bonchev–Trinajstić information content (AvgIpc) is 3.24. The molecule has 1 saturated heterocycles. The van der Waals surface area contributed by atoms with Crippen LogP contribution in [0.15, 0.2) is 23.5 Å². The predicted molar refractivity (Wildman–Crippen MR) is 116 cm³/mol. The van der Waals surface area contributed by atoms with Crippen LogP contribution in [0.4, 0.5) is 0 Å². The van der Waals surface area contributed by atoms with Crippen molar-refractivity contribution in [1.29, 1.82) is 0 Å². The quantitative estimate of drug-likeness (QED) is 0.470. The number of fused-ring (bicyclic) bond motifs is 6. The third-order valence-corrected chi connectivity index (χ3v) is 9.97. The summed E-state index contributed by atoms with van der Waals surface area (Å²) in [5.41, 5.74) is 1.11. The van der Waals surface area contributed by atoms with Crippen LogP contribution in [-0.4, -0.2) is 31.3 Å². The second kappa shape index (κ2) is 7.11. The molecule has 0 N–H and O–H groups in total. The molecule has 0 aromatic carbocycles. The molecule has 1 spiro atoms. The van der Waals surface area contributed by atoms with Crippen molar-refractivity contribution in [3.05, 3.63) is 23.5 Å².